The molecule has 0 aromatic heterocycles. The van der Waals surface area contributed by atoms with Crippen molar-refractivity contribution >= 4 is 0 Å². The number of hydrogen-bond donors (Lipinski definition) is 1. The molecule has 0 saturated carbocycles. The lowest BCUT2D eigenvalue weighted by Gasteiger charge is -2.36. The predicted octanol–water partition coefficient (Wildman–Crippen LogP) is 0.991. The molecule has 0 aliphatic heterocycles. The molecule has 3 nitrogen and oxygen atoms in total. The van der Waals surface area contributed by atoms with Crippen LogP contribution >= 0.6 is 0 Å². The molecular weight excluding hydrogens is 152 g/mol. The van der Waals surface area contributed by atoms with Gasteiger partial charge in [-0.2, -0.15) is 5.26 Å². The lowest BCUT2D eigenvalue weighted by atomic mass is 10.0. The van der Waals surface area contributed by atoms with Crippen molar-refractivity contribution in [1.29, 1.82) is 5.26 Å². The Morgan fingerprint density at radius 2 is 2.08 bits per heavy atom. The molecule has 1 unspecified atom stereocenters. The van der Waals surface area contributed by atoms with E-state index in [1.165, 1.54) is 0 Å². The molecule has 0 aromatic rings. The number of likely N-dealkylation sites (N-methyl/N-ethyl adjacent to an activating group) is 1. The lowest BCUT2D eigenvalue weighted by Crippen LogP contribution is -2.49. The summed E-state index contributed by atoms with van der Waals surface area (Å²) in [6.07, 6.45) is 0.788. The van der Waals surface area contributed by atoms with Gasteiger partial charge >= 0.3 is 0 Å². The summed E-state index contributed by atoms with van der Waals surface area (Å²) >= 11 is 0. The van der Waals surface area contributed by atoms with Gasteiger partial charge in [0, 0.05) is 5.54 Å². The standard InChI is InChI=1S/C9H18N2O/c1-5-8(6-10)11(4)9(2,3)7-12/h8,12H,5,7H2,1-4H3. The van der Waals surface area contributed by atoms with Gasteiger partial charge in [-0.05, 0) is 27.3 Å². The van der Waals surface area contributed by atoms with Crippen molar-refractivity contribution < 1.29 is 5.11 Å². The van der Waals surface area contributed by atoms with Crippen molar-refractivity contribution in [3.8, 4) is 6.07 Å². The van der Waals surface area contributed by atoms with Crippen LogP contribution in [0.1, 0.15) is 27.2 Å². The number of nitrogens with zero attached hydrogens (tertiary/aromatic N) is 2. The predicted molar refractivity (Wildman–Crippen MR) is 48.6 cm³/mol. The molecule has 0 aliphatic carbocycles. The number of nitriles is 1. The van der Waals surface area contributed by atoms with Gasteiger partial charge in [0.2, 0.25) is 0 Å². The van der Waals surface area contributed by atoms with Crippen molar-refractivity contribution in [1.82, 2.24) is 4.90 Å². The average molecular weight is 170 g/mol. The second-order valence-corrected chi connectivity index (χ2v) is 3.63. The summed E-state index contributed by atoms with van der Waals surface area (Å²) < 4.78 is 0. The van der Waals surface area contributed by atoms with Crippen LogP contribution in [-0.4, -0.2) is 35.2 Å². The molecule has 70 valence electrons. The van der Waals surface area contributed by atoms with E-state index in [1.807, 2.05) is 32.7 Å². The maximum absolute atomic E-state index is 9.05. The first-order valence-electron chi connectivity index (χ1n) is 4.23. The van der Waals surface area contributed by atoms with E-state index in [1.54, 1.807) is 0 Å². The summed E-state index contributed by atoms with van der Waals surface area (Å²) in [7, 11) is 1.87. The maximum atomic E-state index is 9.05. The Morgan fingerprint density at radius 1 is 1.58 bits per heavy atom. The number of rotatable bonds is 4. The van der Waals surface area contributed by atoms with E-state index in [2.05, 4.69) is 6.07 Å². The Hall–Kier alpha value is -0.590. The zero-order valence-electron chi connectivity index (χ0n) is 8.33. The van der Waals surface area contributed by atoms with E-state index < -0.39 is 0 Å². The Labute approximate surface area is 74.6 Å². The Balaban J connectivity index is 4.37. The quantitative estimate of drug-likeness (QED) is 0.684. The minimum absolute atomic E-state index is 0.0711. The van der Waals surface area contributed by atoms with E-state index in [9.17, 15) is 0 Å². The summed E-state index contributed by atoms with van der Waals surface area (Å²) in [5.74, 6) is 0. The SMILES string of the molecule is CCC(C#N)N(C)C(C)(C)CO. The van der Waals surface area contributed by atoms with Crippen molar-refractivity contribution in [2.45, 2.75) is 38.8 Å². The third kappa shape index (κ3) is 2.47. The molecule has 0 aromatic carbocycles. The summed E-state index contributed by atoms with van der Waals surface area (Å²) in [6.45, 7) is 5.89. The minimum Gasteiger partial charge on any atom is -0.394 e. The molecule has 12 heavy (non-hydrogen) atoms. The highest BCUT2D eigenvalue weighted by Gasteiger charge is 2.27. The van der Waals surface area contributed by atoms with Gasteiger partial charge in [-0.15, -0.1) is 0 Å². The van der Waals surface area contributed by atoms with Crippen molar-refractivity contribution in [2.24, 2.45) is 0 Å². The Bertz CT molecular complexity index is 172. The molecule has 0 amide bonds. The second kappa shape index (κ2) is 4.44. The van der Waals surface area contributed by atoms with Crippen LogP contribution in [0.5, 0.6) is 0 Å². The first-order chi connectivity index (χ1) is 5.49. The van der Waals surface area contributed by atoms with Crippen LogP contribution in [0.2, 0.25) is 0 Å². The van der Waals surface area contributed by atoms with Gasteiger partial charge in [0.25, 0.3) is 0 Å². The summed E-state index contributed by atoms with van der Waals surface area (Å²) in [5, 5.41) is 17.8. The monoisotopic (exact) mass is 170 g/mol. The van der Waals surface area contributed by atoms with Crippen LogP contribution in [0.15, 0.2) is 0 Å². The first-order valence-corrected chi connectivity index (χ1v) is 4.23. The molecule has 0 radical (unpaired) electrons. The van der Waals surface area contributed by atoms with E-state index >= 15 is 0 Å². The van der Waals surface area contributed by atoms with Crippen molar-refractivity contribution in [3.05, 3.63) is 0 Å². The van der Waals surface area contributed by atoms with E-state index in [0.717, 1.165) is 6.42 Å². The van der Waals surface area contributed by atoms with Crippen LogP contribution < -0.4 is 0 Å². The highest BCUT2D eigenvalue weighted by atomic mass is 16.3. The van der Waals surface area contributed by atoms with E-state index in [0.29, 0.717) is 0 Å². The molecular formula is C9H18N2O. The van der Waals surface area contributed by atoms with E-state index in [4.69, 9.17) is 10.4 Å². The van der Waals surface area contributed by atoms with E-state index in [-0.39, 0.29) is 18.2 Å². The van der Waals surface area contributed by atoms with Crippen LogP contribution in [0, 0.1) is 11.3 Å². The second-order valence-electron chi connectivity index (χ2n) is 3.63. The number of hydrogen-bond acceptors (Lipinski definition) is 3. The van der Waals surface area contributed by atoms with Gasteiger partial charge in [0.05, 0.1) is 18.7 Å². The molecule has 0 saturated heterocycles. The number of aliphatic hydroxyl groups is 1. The molecule has 0 heterocycles. The highest BCUT2D eigenvalue weighted by molar-refractivity contribution is 4.95. The lowest BCUT2D eigenvalue weighted by molar-refractivity contribution is 0.0603. The van der Waals surface area contributed by atoms with Crippen LogP contribution in [-0.2, 0) is 0 Å². The largest absolute Gasteiger partial charge is 0.394 e. The fraction of sp³-hybridized carbons (Fsp3) is 0.889. The van der Waals surface area contributed by atoms with Crippen LogP contribution in [0.3, 0.4) is 0 Å². The third-order valence-electron chi connectivity index (χ3n) is 2.34. The highest BCUT2D eigenvalue weighted by Crippen LogP contribution is 2.15. The van der Waals surface area contributed by atoms with Gasteiger partial charge in [-0.3, -0.25) is 4.90 Å². The molecule has 0 spiro atoms. The molecule has 0 bridgehead atoms. The summed E-state index contributed by atoms with van der Waals surface area (Å²) in [4.78, 5) is 1.91. The normalized spacial score (nSPS) is 14.4. The van der Waals surface area contributed by atoms with Gasteiger partial charge < -0.3 is 5.11 Å². The zero-order valence-corrected chi connectivity index (χ0v) is 8.33. The molecule has 1 N–H and O–H groups in total. The average Bonchev–Trinajstić information content (AvgIpc) is 2.06. The van der Waals surface area contributed by atoms with Gasteiger partial charge in [0.1, 0.15) is 0 Å². The van der Waals surface area contributed by atoms with Gasteiger partial charge in [-0.25, -0.2) is 0 Å². The molecule has 3 heteroatoms. The topological polar surface area (TPSA) is 47.3 Å². The molecule has 0 rings (SSSR count). The maximum Gasteiger partial charge on any atom is 0.0977 e. The van der Waals surface area contributed by atoms with Crippen molar-refractivity contribution in [3.63, 3.8) is 0 Å². The molecule has 0 fully saturated rings. The summed E-state index contributed by atoms with van der Waals surface area (Å²) in [5.41, 5.74) is -0.309. The Morgan fingerprint density at radius 3 is 2.33 bits per heavy atom. The summed E-state index contributed by atoms with van der Waals surface area (Å²) in [6, 6.07) is 2.10. The van der Waals surface area contributed by atoms with Crippen molar-refractivity contribution in [2.75, 3.05) is 13.7 Å². The molecule has 1 atom stereocenters. The third-order valence-corrected chi connectivity index (χ3v) is 2.34. The molecule has 0 aliphatic rings. The van der Waals surface area contributed by atoms with Crippen LogP contribution in [0.25, 0.3) is 0 Å². The van der Waals surface area contributed by atoms with Gasteiger partial charge in [0.15, 0.2) is 0 Å². The smallest absolute Gasteiger partial charge is 0.0977 e. The Kier molecular flexibility index (Phi) is 4.22. The minimum atomic E-state index is -0.309. The number of aliphatic hydroxyl groups excluding tert-OH is 1. The van der Waals surface area contributed by atoms with Crippen LogP contribution in [0.4, 0.5) is 0 Å². The zero-order chi connectivity index (χ0) is 9.78. The first kappa shape index (κ1) is 11.4. The fourth-order valence-electron chi connectivity index (χ4n) is 0.985. The van der Waals surface area contributed by atoms with Gasteiger partial charge in [-0.1, -0.05) is 6.92 Å². The fourth-order valence-corrected chi connectivity index (χ4v) is 0.985.